The minimum atomic E-state index is -0.482. The number of carbonyl (C=O) groups is 2. The van der Waals surface area contributed by atoms with E-state index in [1.807, 2.05) is 61.5 Å². The van der Waals surface area contributed by atoms with E-state index in [1.54, 1.807) is 0 Å². The Morgan fingerprint density at radius 2 is 1.82 bits per heavy atom. The number of hydrogen-bond acceptors (Lipinski definition) is 4. The molecule has 6 heteroatoms. The number of nitrogens with one attached hydrogen (secondary N) is 1. The number of nitrogens with zero attached hydrogens (tertiary/aromatic N) is 1. The largest absolute Gasteiger partial charge is 0.365 e. The molecule has 1 atom stereocenters. The Bertz CT molecular complexity index is 1410. The minimum absolute atomic E-state index is 0.249. The van der Waals surface area contributed by atoms with Gasteiger partial charge in [-0.1, -0.05) is 61.9 Å². The first-order chi connectivity index (χ1) is 16.5. The fraction of sp³-hybridized carbons (Fsp3) is 0.250. The van der Waals surface area contributed by atoms with Gasteiger partial charge >= 0.3 is 0 Å². The lowest BCUT2D eigenvalue weighted by Crippen LogP contribution is -2.20. The maximum Gasteiger partial charge on any atom is 0.257 e. The van der Waals surface area contributed by atoms with Crippen molar-refractivity contribution in [3.05, 3.63) is 81.7 Å². The van der Waals surface area contributed by atoms with E-state index in [-0.39, 0.29) is 5.91 Å². The van der Waals surface area contributed by atoms with Gasteiger partial charge in [0.05, 0.1) is 22.3 Å². The maximum atomic E-state index is 13.8. The second-order valence-corrected chi connectivity index (χ2v) is 9.99. The monoisotopic (exact) mass is 469 g/mol. The fourth-order valence-electron chi connectivity index (χ4n) is 4.99. The van der Waals surface area contributed by atoms with Crippen LogP contribution in [0.4, 0.5) is 5.00 Å². The maximum absolute atomic E-state index is 13.8. The van der Waals surface area contributed by atoms with Crippen molar-refractivity contribution < 1.29 is 9.59 Å². The van der Waals surface area contributed by atoms with Crippen molar-refractivity contribution in [3.63, 3.8) is 0 Å². The van der Waals surface area contributed by atoms with Crippen molar-refractivity contribution in [2.75, 3.05) is 5.32 Å². The fourth-order valence-corrected chi connectivity index (χ4v) is 6.36. The average molecular weight is 470 g/mol. The first-order valence-electron chi connectivity index (χ1n) is 11.7. The van der Waals surface area contributed by atoms with Crippen molar-refractivity contribution in [2.24, 2.45) is 11.7 Å². The highest BCUT2D eigenvalue weighted by Crippen LogP contribution is 2.41. The van der Waals surface area contributed by atoms with Gasteiger partial charge in [-0.2, -0.15) is 0 Å². The number of hydrogen-bond donors (Lipinski definition) is 2. The smallest absolute Gasteiger partial charge is 0.257 e. The van der Waals surface area contributed by atoms with Gasteiger partial charge in [0.1, 0.15) is 5.00 Å². The molecule has 1 aliphatic carbocycles. The third-order valence-corrected chi connectivity index (χ3v) is 8.00. The number of nitrogens with two attached hydrogens (primary N) is 1. The van der Waals surface area contributed by atoms with E-state index in [2.05, 4.69) is 12.2 Å². The lowest BCUT2D eigenvalue weighted by Gasteiger charge is -2.20. The van der Waals surface area contributed by atoms with Gasteiger partial charge < -0.3 is 11.1 Å². The third kappa shape index (κ3) is 3.88. The van der Waals surface area contributed by atoms with Crippen molar-refractivity contribution in [1.29, 1.82) is 0 Å². The lowest BCUT2D eigenvalue weighted by atomic mass is 9.85. The summed E-state index contributed by atoms with van der Waals surface area (Å²) < 4.78 is 0. The van der Waals surface area contributed by atoms with Crippen LogP contribution in [0.3, 0.4) is 0 Å². The van der Waals surface area contributed by atoms with Crippen LogP contribution in [0.15, 0.2) is 54.6 Å². The van der Waals surface area contributed by atoms with Crippen LogP contribution in [0.2, 0.25) is 0 Å². The van der Waals surface area contributed by atoms with Crippen molar-refractivity contribution in [1.82, 2.24) is 4.98 Å². The first-order valence-corrected chi connectivity index (χ1v) is 12.5. The number of primary amides is 1. The summed E-state index contributed by atoms with van der Waals surface area (Å²) in [7, 11) is 0. The molecular weight excluding hydrogens is 442 g/mol. The molecule has 4 aromatic rings. The quantitative estimate of drug-likeness (QED) is 0.368. The van der Waals surface area contributed by atoms with E-state index in [0.717, 1.165) is 59.0 Å². The average Bonchev–Trinajstić information content (AvgIpc) is 3.21. The van der Waals surface area contributed by atoms with E-state index in [0.29, 0.717) is 22.0 Å². The summed E-state index contributed by atoms with van der Waals surface area (Å²) in [4.78, 5) is 32.2. The van der Waals surface area contributed by atoms with Crippen LogP contribution >= 0.6 is 11.3 Å². The number of thiophene rings is 1. The standard InChI is InChI=1S/C28H27N3O2S/c1-3-17-13-14-20-22(15-17)34-28(24(20)26(29)32)31-27(33)23-16(2)25(18-9-5-4-6-10-18)30-21-12-8-7-11-19(21)23/h4-12,17H,3,13-15H2,1-2H3,(H2,29,32)(H,31,33). The zero-order chi connectivity index (χ0) is 23.8. The molecule has 0 spiro atoms. The molecule has 0 saturated carbocycles. The zero-order valence-corrected chi connectivity index (χ0v) is 20.2. The highest BCUT2D eigenvalue weighted by Gasteiger charge is 2.29. The van der Waals surface area contributed by atoms with E-state index >= 15 is 0 Å². The van der Waals surface area contributed by atoms with Crippen LogP contribution in [-0.2, 0) is 12.8 Å². The molecule has 0 saturated heterocycles. The van der Waals surface area contributed by atoms with Gasteiger partial charge in [0, 0.05) is 15.8 Å². The Hall–Kier alpha value is -3.51. The first kappa shape index (κ1) is 22.3. The molecule has 1 unspecified atom stereocenters. The van der Waals surface area contributed by atoms with Crippen LogP contribution in [0.5, 0.6) is 0 Å². The third-order valence-electron chi connectivity index (χ3n) is 6.83. The van der Waals surface area contributed by atoms with Crippen LogP contribution in [-0.4, -0.2) is 16.8 Å². The van der Waals surface area contributed by atoms with Gasteiger partial charge in [-0.25, -0.2) is 4.98 Å². The summed E-state index contributed by atoms with van der Waals surface area (Å²) in [6.45, 7) is 4.12. The molecule has 3 N–H and O–H groups in total. The SMILES string of the molecule is CCC1CCc2c(sc(NC(=O)c3c(C)c(-c4ccccc4)nc4ccccc34)c2C(N)=O)C1. The van der Waals surface area contributed by atoms with E-state index < -0.39 is 5.91 Å². The lowest BCUT2D eigenvalue weighted by molar-refractivity contribution is 0.1000. The number of pyridine rings is 1. The molecule has 0 bridgehead atoms. The molecule has 1 aliphatic rings. The summed E-state index contributed by atoms with van der Waals surface area (Å²) >= 11 is 1.50. The highest BCUT2D eigenvalue weighted by molar-refractivity contribution is 7.17. The molecule has 5 nitrogen and oxygen atoms in total. The summed E-state index contributed by atoms with van der Waals surface area (Å²) in [5.41, 5.74) is 11.1. The molecular formula is C28H27N3O2S. The predicted molar refractivity (Wildman–Crippen MR) is 139 cm³/mol. The molecule has 172 valence electrons. The van der Waals surface area contributed by atoms with Crippen LogP contribution < -0.4 is 11.1 Å². The van der Waals surface area contributed by atoms with E-state index in [9.17, 15) is 9.59 Å². The normalized spacial score (nSPS) is 15.2. The molecule has 5 rings (SSSR count). The Morgan fingerprint density at radius 3 is 2.56 bits per heavy atom. The number of anilines is 1. The van der Waals surface area contributed by atoms with E-state index in [4.69, 9.17) is 10.7 Å². The number of aromatic nitrogens is 1. The Labute approximate surface area is 203 Å². The van der Waals surface area contributed by atoms with Crippen LogP contribution in [0, 0.1) is 12.8 Å². The van der Waals surface area contributed by atoms with Gasteiger partial charge in [-0.05, 0) is 49.3 Å². The van der Waals surface area contributed by atoms with Gasteiger partial charge in [0.2, 0.25) is 0 Å². The number of para-hydroxylation sites is 1. The van der Waals surface area contributed by atoms with Gasteiger partial charge in [0.25, 0.3) is 11.8 Å². The van der Waals surface area contributed by atoms with Crippen molar-refractivity contribution >= 4 is 39.1 Å². The molecule has 34 heavy (non-hydrogen) atoms. The molecule has 0 radical (unpaired) electrons. The minimum Gasteiger partial charge on any atom is -0.365 e. The second-order valence-electron chi connectivity index (χ2n) is 8.89. The number of carbonyl (C=O) groups excluding carboxylic acids is 2. The van der Waals surface area contributed by atoms with Crippen molar-refractivity contribution in [2.45, 2.75) is 39.5 Å². The van der Waals surface area contributed by atoms with Crippen LogP contribution in [0.25, 0.3) is 22.2 Å². The Kier molecular flexibility index (Phi) is 5.92. The second kappa shape index (κ2) is 9.03. The summed E-state index contributed by atoms with van der Waals surface area (Å²) in [6.07, 6.45) is 3.91. The molecule has 0 fully saturated rings. The van der Waals surface area contributed by atoms with Gasteiger partial charge in [0.15, 0.2) is 0 Å². The van der Waals surface area contributed by atoms with Gasteiger partial charge in [-0.3, -0.25) is 9.59 Å². The number of amides is 2. The molecule has 2 aromatic heterocycles. The van der Waals surface area contributed by atoms with E-state index in [1.165, 1.54) is 16.2 Å². The number of rotatable bonds is 5. The predicted octanol–water partition coefficient (Wildman–Crippen LogP) is 6.14. The summed E-state index contributed by atoms with van der Waals surface area (Å²) in [5.74, 6) is -0.124. The Balaban J connectivity index is 1.61. The molecule has 0 aliphatic heterocycles. The number of benzene rings is 2. The summed E-state index contributed by atoms with van der Waals surface area (Å²) in [5, 5.41) is 4.40. The van der Waals surface area contributed by atoms with Gasteiger partial charge in [-0.15, -0.1) is 11.3 Å². The van der Waals surface area contributed by atoms with Crippen molar-refractivity contribution in [3.8, 4) is 11.3 Å². The molecule has 2 heterocycles. The van der Waals surface area contributed by atoms with Crippen LogP contribution in [0.1, 0.15) is 56.5 Å². The summed E-state index contributed by atoms with van der Waals surface area (Å²) in [6, 6.07) is 17.5. The highest BCUT2D eigenvalue weighted by atomic mass is 32.1. The number of fused-ring (bicyclic) bond motifs is 2. The zero-order valence-electron chi connectivity index (χ0n) is 19.4. The Morgan fingerprint density at radius 1 is 1.09 bits per heavy atom. The molecule has 2 amide bonds. The topological polar surface area (TPSA) is 85.1 Å². The molecule has 2 aromatic carbocycles.